The van der Waals surface area contributed by atoms with Crippen molar-refractivity contribution >= 4 is 5.91 Å². The number of nitrogens with zero attached hydrogens (tertiary/aromatic N) is 3. The number of aliphatic hydroxyl groups is 1. The van der Waals surface area contributed by atoms with Crippen LogP contribution in [0.3, 0.4) is 0 Å². The Labute approximate surface area is 119 Å². The van der Waals surface area contributed by atoms with E-state index in [1.807, 2.05) is 6.92 Å². The predicted molar refractivity (Wildman–Crippen MR) is 74.8 cm³/mol. The summed E-state index contributed by atoms with van der Waals surface area (Å²) in [6.45, 7) is 4.22. The smallest absolute Gasteiger partial charge is 0.242 e. The first kappa shape index (κ1) is 15.0. The number of nitrogens with one attached hydrogen (secondary N) is 1. The first-order chi connectivity index (χ1) is 9.60. The van der Waals surface area contributed by atoms with Gasteiger partial charge in [-0.2, -0.15) is 0 Å². The highest BCUT2D eigenvalue weighted by atomic mass is 16.3. The van der Waals surface area contributed by atoms with E-state index in [1.54, 1.807) is 6.20 Å². The van der Waals surface area contributed by atoms with Crippen LogP contribution in [0.5, 0.6) is 0 Å². The molecule has 0 saturated heterocycles. The van der Waals surface area contributed by atoms with Gasteiger partial charge in [-0.25, -0.2) is 4.68 Å². The minimum atomic E-state index is -0.606. The molecule has 0 bridgehead atoms. The Hall–Kier alpha value is -1.43. The molecule has 0 aromatic carbocycles. The minimum Gasteiger partial charge on any atom is -0.387 e. The molecule has 1 saturated carbocycles. The Bertz CT molecular complexity index is 446. The van der Waals surface area contributed by atoms with Crippen LogP contribution < -0.4 is 5.32 Å². The SMILES string of the molecule is CCC(O)c1cn(CC(=O)NC2CCCCC2C)nn1. The quantitative estimate of drug-likeness (QED) is 0.854. The number of aromatic nitrogens is 3. The number of carbonyl (C=O) groups excluding carboxylic acids is 1. The molecule has 0 spiro atoms. The summed E-state index contributed by atoms with van der Waals surface area (Å²) in [5.41, 5.74) is 0.520. The summed E-state index contributed by atoms with van der Waals surface area (Å²) in [4.78, 5) is 12.0. The normalized spacial score (nSPS) is 24.4. The van der Waals surface area contributed by atoms with Crippen LogP contribution in [0.4, 0.5) is 0 Å². The number of aliphatic hydroxyl groups excluding tert-OH is 1. The van der Waals surface area contributed by atoms with Gasteiger partial charge in [0.1, 0.15) is 12.2 Å². The van der Waals surface area contributed by atoms with Crippen LogP contribution in [-0.4, -0.2) is 32.0 Å². The van der Waals surface area contributed by atoms with Crippen LogP contribution >= 0.6 is 0 Å². The zero-order valence-corrected chi connectivity index (χ0v) is 12.2. The Morgan fingerprint density at radius 2 is 2.30 bits per heavy atom. The van der Waals surface area contributed by atoms with E-state index >= 15 is 0 Å². The summed E-state index contributed by atoms with van der Waals surface area (Å²) in [6, 6.07) is 0.278. The summed E-state index contributed by atoms with van der Waals surface area (Å²) in [5, 5.41) is 20.5. The van der Waals surface area contributed by atoms with Crippen molar-refractivity contribution < 1.29 is 9.90 Å². The van der Waals surface area contributed by atoms with Gasteiger partial charge in [0.15, 0.2) is 0 Å². The fraction of sp³-hybridized carbons (Fsp3) is 0.786. The zero-order chi connectivity index (χ0) is 14.5. The van der Waals surface area contributed by atoms with E-state index in [-0.39, 0.29) is 18.5 Å². The van der Waals surface area contributed by atoms with Crippen LogP contribution in [0.15, 0.2) is 6.20 Å². The Kier molecular flexibility index (Phi) is 5.11. The first-order valence-electron chi connectivity index (χ1n) is 7.47. The largest absolute Gasteiger partial charge is 0.387 e. The van der Waals surface area contributed by atoms with Gasteiger partial charge < -0.3 is 10.4 Å². The second-order valence-corrected chi connectivity index (χ2v) is 5.70. The Balaban J connectivity index is 1.86. The maximum Gasteiger partial charge on any atom is 0.242 e. The maximum atomic E-state index is 12.0. The Morgan fingerprint density at radius 3 is 3.00 bits per heavy atom. The van der Waals surface area contributed by atoms with E-state index in [0.717, 1.165) is 6.42 Å². The molecule has 6 nitrogen and oxygen atoms in total. The van der Waals surface area contributed by atoms with E-state index in [1.165, 1.54) is 23.9 Å². The molecule has 1 heterocycles. The molecule has 1 fully saturated rings. The molecular formula is C14H24N4O2. The molecule has 1 amide bonds. The number of hydrogen-bond donors (Lipinski definition) is 2. The average Bonchev–Trinajstić information content (AvgIpc) is 2.89. The highest BCUT2D eigenvalue weighted by Gasteiger charge is 2.23. The molecule has 1 aliphatic rings. The van der Waals surface area contributed by atoms with Gasteiger partial charge in [0.25, 0.3) is 0 Å². The summed E-state index contributed by atoms with van der Waals surface area (Å²) in [7, 11) is 0. The van der Waals surface area contributed by atoms with Crippen LogP contribution in [0.25, 0.3) is 0 Å². The standard InChI is InChI=1S/C14H24N4O2/c1-3-13(19)12-8-18(17-16-12)9-14(20)15-11-7-5-4-6-10(11)2/h8,10-11,13,19H,3-7,9H2,1-2H3,(H,15,20). The second kappa shape index (κ2) is 6.83. The van der Waals surface area contributed by atoms with Crippen molar-refractivity contribution in [1.29, 1.82) is 0 Å². The van der Waals surface area contributed by atoms with E-state index < -0.39 is 6.10 Å². The summed E-state index contributed by atoms with van der Waals surface area (Å²) < 4.78 is 1.48. The molecule has 6 heteroatoms. The van der Waals surface area contributed by atoms with Gasteiger partial charge in [-0.3, -0.25) is 4.79 Å². The fourth-order valence-electron chi connectivity index (χ4n) is 2.68. The molecule has 0 radical (unpaired) electrons. The molecule has 3 unspecified atom stereocenters. The fourth-order valence-corrected chi connectivity index (χ4v) is 2.68. The van der Waals surface area contributed by atoms with Crippen molar-refractivity contribution in [2.75, 3.05) is 0 Å². The van der Waals surface area contributed by atoms with E-state index in [9.17, 15) is 9.90 Å². The van der Waals surface area contributed by atoms with E-state index in [2.05, 4.69) is 22.6 Å². The average molecular weight is 280 g/mol. The summed E-state index contributed by atoms with van der Waals surface area (Å²) in [6.07, 6.45) is 6.30. The lowest BCUT2D eigenvalue weighted by molar-refractivity contribution is -0.123. The van der Waals surface area contributed by atoms with Crippen molar-refractivity contribution in [2.24, 2.45) is 5.92 Å². The first-order valence-corrected chi connectivity index (χ1v) is 7.47. The minimum absolute atomic E-state index is 0.0359. The van der Waals surface area contributed by atoms with Crippen LogP contribution in [0, 0.1) is 5.92 Å². The molecule has 2 rings (SSSR count). The van der Waals surface area contributed by atoms with Crippen molar-refractivity contribution in [3.63, 3.8) is 0 Å². The predicted octanol–water partition coefficient (Wildman–Crippen LogP) is 1.42. The highest BCUT2D eigenvalue weighted by Crippen LogP contribution is 2.23. The topological polar surface area (TPSA) is 80.0 Å². The molecule has 1 aromatic rings. The van der Waals surface area contributed by atoms with Crippen LogP contribution in [0.2, 0.25) is 0 Å². The van der Waals surface area contributed by atoms with E-state index in [0.29, 0.717) is 18.0 Å². The highest BCUT2D eigenvalue weighted by molar-refractivity contribution is 5.75. The maximum absolute atomic E-state index is 12.0. The molecule has 2 N–H and O–H groups in total. The van der Waals surface area contributed by atoms with Crippen molar-refractivity contribution in [2.45, 2.75) is 64.6 Å². The molecule has 1 aromatic heterocycles. The third-order valence-electron chi connectivity index (χ3n) is 4.05. The lowest BCUT2D eigenvalue weighted by Gasteiger charge is -2.29. The third-order valence-corrected chi connectivity index (χ3v) is 4.05. The van der Waals surface area contributed by atoms with Gasteiger partial charge in [0, 0.05) is 6.04 Å². The lowest BCUT2D eigenvalue weighted by atomic mass is 9.86. The number of rotatable bonds is 5. The molecule has 3 atom stereocenters. The van der Waals surface area contributed by atoms with Crippen molar-refractivity contribution in [3.8, 4) is 0 Å². The van der Waals surface area contributed by atoms with Crippen LogP contribution in [0.1, 0.15) is 57.7 Å². The van der Waals surface area contributed by atoms with Gasteiger partial charge in [0.2, 0.25) is 5.91 Å². The molecular weight excluding hydrogens is 256 g/mol. The molecule has 0 aliphatic heterocycles. The van der Waals surface area contributed by atoms with Gasteiger partial charge in [-0.15, -0.1) is 5.10 Å². The van der Waals surface area contributed by atoms with Crippen LogP contribution in [-0.2, 0) is 11.3 Å². The lowest BCUT2D eigenvalue weighted by Crippen LogP contribution is -2.42. The Morgan fingerprint density at radius 1 is 1.55 bits per heavy atom. The molecule has 112 valence electrons. The van der Waals surface area contributed by atoms with Gasteiger partial charge in [0.05, 0.1) is 12.3 Å². The van der Waals surface area contributed by atoms with Gasteiger partial charge in [-0.05, 0) is 25.2 Å². The van der Waals surface area contributed by atoms with E-state index in [4.69, 9.17) is 0 Å². The summed E-state index contributed by atoms with van der Waals surface area (Å²) >= 11 is 0. The van der Waals surface area contributed by atoms with Gasteiger partial charge in [-0.1, -0.05) is 31.9 Å². The molecule has 20 heavy (non-hydrogen) atoms. The zero-order valence-electron chi connectivity index (χ0n) is 12.2. The monoisotopic (exact) mass is 280 g/mol. The number of amides is 1. The third kappa shape index (κ3) is 3.79. The van der Waals surface area contributed by atoms with Crippen molar-refractivity contribution in [1.82, 2.24) is 20.3 Å². The van der Waals surface area contributed by atoms with Gasteiger partial charge >= 0.3 is 0 Å². The number of carbonyl (C=O) groups is 1. The summed E-state index contributed by atoms with van der Waals surface area (Å²) in [5.74, 6) is 0.507. The molecule has 1 aliphatic carbocycles. The second-order valence-electron chi connectivity index (χ2n) is 5.70. The number of hydrogen-bond acceptors (Lipinski definition) is 4. The van der Waals surface area contributed by atoms with Crippen molar-refractivity contribution in [3.05, 3.63) is 11.9 Å².